The van der Waals surface area contributed by atoms with Gasteiger partial charge in [0.05, 0.1) is 16.7 Å². The molecule has 0 aliphatic heterocycles. The number of Topliss-reactive ketones (excluding diaryl/α,β-unsaturated/α-hetero) is 2. The fourth-order valence-corrected chi connectivity index (χ4v) is 5.50. The number of nitrogens with two attached hydrogens (primary N) is 1. The Morgan fingerprint density at radius 1 is 0.559 bits per heavy atom. The Bertz CT molecular complexity index is 2120. The number of aliphatic carboxylic acids is 1. The Morgan fingerprint density at radius 2 is 0.898 bits per heavy atom. The molecule has 0 aromatic heterocycles. The highest BCUT2D eigenvalue weighted by molar-refractivity contribution is 6.25. The van der Waals surface area contributed by atoms with Gasteiger partial charge < -0.3 is 44.2 Å². The minimum atomic E-state index is -2.69. The summed E-state index contributed by atoms with van der Waals surface area (Å²) in [5, 5.41) is 12.5. The largest absolute Gasteiger partial charge is 0.480 e. The molecule has 0 radical (unpaired) electrons. The van der Waals surface area contributed by atoms with Crippen LogP contribution in [-0.4, -0.2) is 101 Å². The Hall–Kier alpha value is -7.32. The van der Waals surface area contributed by atoms with Crippen molar-refractivity contribution in [1.82, 2.24) is 10.2 Å². The van der Waals surface area contributed by atoms with Crippen LogP contribution < -0.4 is 39.5 Å². The first-order chi connectivity index (χ1) is 27.7. The van der Waals surface area contributed by atoms with E-state index < -0.39 is 136 Å². The Labute approximate surface area is 335 Å². The zero-order valence-corrected chi connectivity index (χ0v) is 32.5. The van der Waals surface area contributed by atoms with E-state index in [-0.39, 0.29) is 5.75 Å². The molecule has 0 saturated carbocycles. The molecule has 0 aliphatic rings. The number of esters is 6. The molecule has 59 heavy (non-hydrogen) atoms. The number of nitrogens with zero attached hydrogens (tertiary/aromatic N) is 1. The summed E-state index contributed by atoms with van der Waals surface area (Å²) < 4.78 is 31.1. The molecule has 0 unspecified atom stereocenters. The molecule has 3 rings (SSSR count). The number of hydrogen-bond acceptors (Lipinski definition) is 18. The van der Waals surface area contributed by atoms with Crippen LogP contribution in [0.15, 0.2) is 54.6 Å². The second-order valence-corrected chi connectivity index (χ2v) is 12.3. The number of carboxylic acid groups (broad SMARTS) is 1. The van der Waals surface area contributed by atoms with Gasteiger partial charge in [0.1, 0.15) is 6.54 Å². The number of ether oxygens (including phenoxy) is 6. The van der Waals surface area contributed by atoms with Gasteiger partial charge in [-0.2, -0.15) is 0 Å². The summed E-state index contributed by atoms with van der Waals surface area (Å²) in [5.74, 6) is -13.4. The Kier molecular flexibility index (Phi) is 15.8. The summed E-state index contributed by atoms with van der Waals surface area (Å²) >= 11 is 0. The lowest BCUT2D eigenvalue weighted by Crippen LogP contribution is -2.64. The molecule has 3 aromatic carbocycles. The Morgan fingerprint density at radius 3 is 1.22 bits per heavy atom. The lowest BCUT2D eigenvalue weighted by atomic mass is 9.81. The maximum atomic E-state index is 14.9. The number of carbonyl (C=O) groups is 10. The van der Waals surface area contributed by atoms with Crippen molar-refractivity contribution in [3.63, 3.8) is 0 Å². The molecule has 3 aromatic rings. The van der Waals surface area contributed by atoms with E-state index in [1.807, 2.05) is 0 Å². The molecule has 0 saturated heterocycles. The first-order valence-corrected chi connectivity index (χ1v) is 17.3. The zero-order chi connectivity index (χ0) is 44.2. The van der Waals surface area contributed by atoms with Crippen molar-refractivity contribution < 1.29 is 81.5 Å². The van der Waals surface area contributed by atoms with E-state index in [1.54, 1.807) is 0 Å². The number of carbonyl (C=O) groups excluding carboxylic acids is 9. The molecule has 4 N–H and O–H groups in total. The van der Waals surface area contributed by atoms with E-state index in [9.17, 15) is 53.1 Å². The van der Waals surface area contributed by atoms with Crippen LogP contribution in [-0.2, 0) is 33.6 Å². The van der Waals surface area contributed by atoms with Gasteiger partial charge in [-0.3, -0.25) is 53.3 Å². The van der Waals surface area contributed by atoms with Gasteiger partial charge in [0.2, 0.25) is 0 Å². The van der Waals surface area contributed by atoms with Gasteiger partial charge in [-0.25, -0.2) is 0 Å². The van der Waals surface area contributed by atoms with Crippen LogP contribution in [0.2, 0.25) is 0 Å². The topological polar surface area (TPSA) is 288 Å². The monoisotopic (exact) mass is 821 g/mol. The van der Waals surface area contributed by atoms with Crippen LogP contribution >= 0.6 is 0 Å². The van der Waals surface area contributed by atoms with Gasteiger partial charge in [0.15, 0.2) is 51.6 Å². The van der Waals surface area contributed by atoms with E-state index in [0.717, 1.165) is 64.6 Å². The molecule has 0 atom stereocenters. The van der Waals surface area contributed by atoms with E-state index in [2.05, 4.69) is 5.32 Å². The van der Waals surface area contributed by atoms with Crippen molar-refractivity contribution in [3.05, 3.63) is 71.3 Å². The predicted octanol–water partition coefficient (Wildman–Crippen LogP) is 1.82. The van der Waals surface area contributed by atoms with Crippen molar-refractivity contribution >= 4 is 59.3 Å². The average molecular weight is 822 g/mol. The van der Waals surface area contributed by atoms with Gasteiger partial charge in [-0.15, -0.1) is 0 Å². The molecule has 0 bridgehead atoms. The smallest absolute Gasteiger partial charge is 0.323 e. The van der Waals surface area contributed by atoms with E-state index in [1.165, 1.54) is 36.4 Å². The fourth-order valence-electron chi connectivity index (χ4n) is 5.50. The SMILES string of the molecule is CC(=O)Oc1cccc(C(=O)N(CCNC(CN)(C(=O)c2cccc(OC(C)=O)c2OC(C)=O)C(=O)c2cccc(OC(C)=O)c2OC(C)=O)CC(=O)O)c1OC(C)=O. The average Bonchev–Trinajstić information content (AvgIpc) is 3.13. The maximum Gasteiger partial charge on any atom is 0.323 e. The molecule has 0 fully saturated rings. The number of ketones is 2. The van der Waals surface area contributed by atoms with Gasteiger partial charge in [0.25, 0.3) is 5.91 Å². The normalized spacial score (nSPS) is 10.7. The van der Waals surface area contributed by atoms with Crippen molar-refractivity contribution in [2.24, 2.45) is 5.73 Å². The van der Waals surface area contributed by atoms with Crippen LogP contribution in [0.5, 0.6) is 34.5 Å². The van der Waals surface area contributed by atoms with Crippen molar-refractivity contribution in [3.8, 4) is 34.5 Å². The summed E-state index contributed by atoms with van der Waals surface area (Å²) in [6.07, 6.45) is 0. The number of para-hydroxylation sites is 3. The van der Waals surface area contributed by atoms with E-state index in [0.29, 0.717) is 0 Å². The highest BCUT2D eigenvalue weighted by atomic mass is 16.6. The predicted molar refractivity (Wildman–Crippen MR) is 199 cm³/mol. The third-order valence-electron chi connectivity index (χ3n) is 7.66. The number of carboxylic acids is 1. The van der Waals surface area contributed by atoms with Gasteiger partial charge in [-0.05, 0) is 36.4 Å². The molecular formula is C39H39N3O17. The maximum absolute atomic E-state index is 14.9. The number of rotatable bonds is 18. The molecule has 0 heterocycles. The van der Waals surface area contributed by atoms with Crippen LogP contribution in [0.1, 0.15) is 72.6 Å². The van der Waals surface area contributed by atoms with Crippen LogP contribution in [0.3, 0.4) is 0 Å². The van der Waals surface area contributed by atoms with E-state index in [4.69, 9.17) is 34.2 Å². The summed E-state index contributed by atoms with van der Waals surface area (Å²) in [7, 11) is 0. The molecule has 1 amide bonds. The summed E-state index contributed by atoms with van der Waals surface area (Å²) in [6, 6.07) is 10.7. The number of amides is 1. The third kappa shape index (κ3) is 11.8. The lowest BCUT2D eigenvalue weighted by molar-refractivity contribution is -0.138. The van der Waals surface area contributed by atoms with Gasteiger partial charge >= 0.3 is 41.8 Å². The van der Waals surface area contributed by atoms with E-state index >= 15 is 0 Å². The minimum absolute atomic E-state index is 0.343. The first-order valence-electron chi connectivity index (χ1n) is 17.3. The standard InChI is InChI=1S/C39H39N3O17/c1-20(43)54-29-13-7-10-26(33(29)57-23(4)46)36(51)39(19-40,37(52)27-11-8-14-30(55-21(2)44)34(27)58-24(5)47)41-16-17-42(18-32(49)50)38(53)28-12-9-15-31(56-22(3)45)35(28)59-25(6)48/h7-15,41H,16-19,40H2,1-6H3,(H,49,50). The van der Waals surface area contributed by atoms with Crippen LogP contribution in [0.4, 0.5) is 0 Å². The number of hydrogen-bond donors (Lipinski definition) is 3. The highest BCUT2D eigenvalue weighted by Crippen LogP contribution is 2.38. The molecular weight excluding hydrogens is 782 g/mol. The lowest BCUT2D eigenvalue weighted by Gasteiger charge is -2.33. The summed E-state index contributed by atoms with van der Waals surface area (Å²) in [4.78, 5) is 129. The first kappa shape index (κ1) is 46.1. The van der Waals surface area contributed by atoms with Gasteiger partial charge in [0, 0.05) is 61.2 Å². The summed E-state index contributed by atoms with van der Waals surface area (Å²) in [5.41, 5.74) is 2.05. The second kappa shape index (κ2) is 20.2. The van der Waals surface area contributed by atoms with Crippen molar-refractivity contribution in [2.75, 3.05) is 26.2 Å². The molecule has 312 valence electrons. The van der Waals surface area contributed by atoms with Crippen LogP contribution in [0.25, 0.3) is 0 Å². The zero-order valence-electron chi connectivity index (χ0n) is 32.5. The highest BCUT2D eigenvalue weighted by Gasteiger charge is 2.48. The summed E-state index contributed by atoms with van der Waals surface area (Å²) in [6.45, 7) is 2.87. The molecule has 0 aliphatic carbocycles. The fraction of sp³-hybridized carbons (Fsp3) is 0.282. The molecule has 0 spiro atoms. The molecule has 20 heteroatoms. The Balaban J connectivity index is 2.28. The van der Waals surface area contributed by atoms with Crippen molar-refractivity contribution in [1.29, 1.82) is 0 Å². The second-order valence-electron chi connectivity index (χ2n) is 12.3. The number of nitrogens with one attached hydrogen (secondary N) is 1. The third-order valence-corrected chi connectivity index (χ3v) is 7.66. The molecule has 20 nitrogen and oxygen atoms in total. The minimum Gasteiger partial charge on any atom is -0.480 e. The van der Waals surface area contributed by atoms with Gasteiger partial charge in [-0.1, -0.05) is 18.2 Å². The van der Waals surface area contributed by atoms with Crippen molar-refractivity contribution in [2.45, 2.75) is 47.1 Å². The quantitative estimate of drug-likeness (QED) is 0.0713. The number of benzene rings is 3. The van der Waals surface area contributed by atoms with Crippen LogP contribution in [0, 0.1) is 0 Å².